The van der Waals surface area contributed by atoms with Crippen LogP contribution in [0.15, 0.2) is 15.0 Å². The summed E-state index contributed by atoms with van der Waals surface area (Å²) in [5.74, 6) is -0.732. The largest absolute Gasteiger partial charge is 0.481 e. The number of thioether (sulfide) groups is 1. The van der Waals surface area contributed by atoms with Crippen molar-refractivity contribution in [1.29, 1.82) is 0 Å². The SMILES string of the molecule is O=C(O)C1CCN(C2=NC3=NC=NC(=O)C3S2)CC1. The average Bonchev–Trinajstić information content (AvgIpc) is 2.84. The van der Waals surface area contributed by atoms with Crippen molar-refractivity contribution >= 4 is 41.0 Å². The highest BCUT2D eigenvalue weighted by molar-refractivity contribution is 8.16. The van der Waals surface area contributed by atoms with Gasteiger partial charge in [-0.25, -0.2) is 15.0 Å². The number of amidine groups is 2. The molecule has 1 atom stereocenters. The third-order valence-corrected chi connectivity index (χ3v) is 4.59. The van der Waals surface area contributed by atoms with E-state index in [9.17, 15) is 9.59 Å². The molecule has 0 aliphatic carbocycles. The van der Waals surface area contributed by atoms with Gasteiger partial charge in [-0.15, -0.1) is 0 Å². The van der Waals surface area contributed by atoms with Crippen molar-refractivity contribution in [1.82, 2.24) is 4.90 Å². The number of carbonyl (C=O) groups excluding carboxylic acids is 1. The van der Waals surface area contributed by atoms with Crippen LogP contribution in [0.2, 0.25) is 0 Å². The minimum Gasteiger partial charge on any atom is -0.481 e. The van der Waals surface area contributed by atoms with Crippen LogP contribution in [0, 0.1) is 5.92 Å². The molecule has 0 aromatic carbocycles. The van der Waals surface area contributed by atoms with Gasteiger partial charge in [0.05, 0.1) is 5.92 Å². The van der Waals surface area contributed by atoms with Crippen molar-refractivity contribution in [3.8, 4) is 0 Å². The lowest BCUT2D eigenvalue weighted by Gasteiger charge is -2.31. The van der Waals surface area contributed by atoms with Crippen LogP contribution in [0.25, 0.3) is 0 Å². The Morgan fingerprint density at radius 1 is 1.42 bits per heavy atom. The van der Waals surface area contributed by atoms with Crippen molar-refractivity contribution in [2.24, 2.45) is 20.9 Å². The lowest BCUT2D eigenvalue weighted by atomic mass is 9.98. The summed E-state index contributed by atoms with van der Waals surface area (Å²) in [6.07, 6.45) is 2.45. The smallest absolute Gasteiger partial charge is 0.306 e. The summed E-state index contributed by atoms with van der Waals surface area (Å²) < 4.78 is 0. The van der Waals surface area contributed by atoms with Crippen LogP contribution < -0.4 is 0 Å². The molecule has 1 unspecified atom stereocenters. The molecule has 3 aliphatic heterocycles. The van der Waals surface area contributed by atoms with Crippen molar-refractivity contribution in [2.75, 3.05) is 13.1 Å². The van der Waals surface area contributed by atoms with Crippen LogP contribution in [-0.4, -0.2) is 57.6 Å². The number of hydrogen-bond acceptors (Lipinski definition) is 6. The molecule has 1 saturated heterocycles. The Kier molecular flexibility index (Phi) is 3.09. The van der Waals surface area contributed by atoms with E-state index in [2.05, 4.69) is 15.0 Å². The highest BCUT2D eigenvalue weighted by Gasteiger charge is 2.37. The minimum absolute atomic E-state index is 0.228. The van der Waals surface area contributed by atoms with Crippen LogP contribution >= 0.6 is 11.8 Å². The predicted molar refractivity (Wildman–Crippen MR) is 71.7 cm³/mol. The number of amides is 1. The first-order valence-corrected chi connectivity index (χ1v) is 6.90. The summed E-state index contributed by atoms with van der Waals surface area (Å²) in [5.41, 5.74) is 0. The second kappa shape index (κ2) is 4.76. The Bertz CT molecular complexity index is 520. The Labute approximate surface area is 113 Å². The lowest BCUT2D eigenvalue weighted by molar-refractivity contribution is -0.143. The molecule has 0 bridgehead atoms. The van der Waals surface area contributed by atoms with Crippen LogP contribution in [-0.2, 0) is 9.59 Å². The highest BCUT2D eigenvalue weighted by Crippen LogP contribution is 2.30. The monoisotopic (exact) mass is 280 g/mol. The molecule has 8 heteroatoms. The molecule has 0 aromatic rings. The molecule has 3 rings (SSSR count). The number of carbonyl (C=O) groups is 2. The van der Waals surface area contributed by atoms with E-state index >= 15 is 0 Å². The Morgan fingerprint density at radius 3 is 2.79 bits per heavy atom. The first-order chi connectivity index (χ1) is 9.15. The Hall–Kier alpha value is -1.70. The van der Waals surface area contributed by atoms with Gasteiger partial charge in [0.15, 0.2) is 16.3 Å². The van der Waals surface area contributed by atoms with Crippen molar-refractivity contribution < 1.29 is 14.7 Å². The summed E-state index contributed by atoms with van der Waals surface area (Å²) in [5, 5.41) is 9.30. The molecule has 3 aliphatic rings. The van der Waals surface area contributed by atoms with Gasteiger partial charge in [-0.1, -0.05) is 11.8 Å². The number of aliphatic imine (C=N–C) groups is 3. The van der Waals surface area contributed by atoms with Gasteiger partial charge in [0.2, 0.25) is 0 Å². The molecule has 19 heavy (non-hydrogen) atoms. The molecule has 1 N–H and O–H groups in total. The standard InChI is InChI=1S/C11H12N4O3S/c16-9-7-8(12-5-13-9)14-11(19-7)15-3-1-6(2-4-15)10(17)18/h5-7H,1-4H2,(H,17,18). The molecule has 0 aromatic heterocycles. The van der Waals surface area contributed by atoms with Crippen LogP contribution in [0.1, 0.15) is 12.8 Å². The number of piperidine rings is 1. The minimum atomic E-state index is -0.734. The van der Waals surface area contributed by atoms with E-state index < -0.39 is 11.2 Å². The van der Waals surface area contributed by atoms with E-state index in [1.807, 2.05) is 4.90 Å². The summed E-state index contributed by atoms with van der Waals surface area (Å²) in [6.45, 7) is 1.30. The first-order valence-electron chi connectivity index (χ1n) is 6.02. The second-order valence-corrected chi connectivity index (χ2v) is 5.63. The first kappa shape index (κ1) is 12.3. The van der Waals surface area contributed by atoms with Gasteiger partial charge in [-0.2, -0.15) is 0 Å². The second-order valence-electron chi connectivity index (χ2n) is 4.56. The molecule has 1 fully saturated rings. The zero-order valence-electron chi connectivity index (χ0n) is 10.0. The fourth-order valence-electron chi connectivity index (χ4n) is 2.27. The number of fused-ring (bicyclic) bond motifs is 1. The maximum Gasteiger partial charge on any atom is 0.306 e. The summed E-state index contributed by atoms with van der Waals surface area (Å²) in [4.78, 5) is 36.5. The maximum atomic E-state index is 11.6. The predicted octanol–water partition coefficient (Wildman–Crippen LogP) is 0.221. The number of hydrogen-bond donors (Lipinski definition) is 1. The van der Waals surface area contributed by atoms with E-state index in [0.717, 1.165) is 5.17 Å². The third-order valence-electron chi connectivity index (χ3n) is 3.38. The fourth-order valence-corrected chi connectivity index (χ4v) is 3.34. The van der Waals surface area contributed by atoms with Gasteiger partial charge in [0.25, 0.3) is 5.91 Å². The molecule has 1 amide bonds. The molecular weight excluding hydrogens is 268 g/mol. The van der Waals surface area contributed by atoms with E-state index in [4.69, 9.17) is 5.11 Å². The molecule has 0 spiro atoms. The van der Waals surface area contributed by atoms with E-state index in [0.29, 0.717) is 31.8 Å². The quantitative estimate of drug-likeness (QED) is 0.741. The Balaban J connectivity index is 1.68. The van der Waals surface area contributed by atoms with Crippen molar-refractivity contribution in [3.05, 3.63) is 0 Å². The molecular formula is C11H12N4O3S. The average molecular weight is 280 g/mol. The lowest BCUT2D eigenvalue weighted by Crippen LogP contribution is -2.38. The topological polar surface area (TPSA) is 94.7 Å². The maximum absolute atomic E-state index is 11.6. The zero-order chi connectivity index (χ0) is 13.4. The van der Waals surface area contributed by atoms with Gasteiger partial charge in [-0.3, -0.25) is 9.59 Å². The molecule has 3 heterocycles. The molecule has 100 valence electrons. The van der Waals surface area contributed by atoms with Gasteiger partial charge in [-0.05, 0) is 12.8 Å². The number of likely N-dealkylation sites (tertiary alicyclic amines) is 1. The highest BCUT2D eigenvalue weighted by atomic mass is 32.2. The van der Waals surface area contributed by atoms with Crippen LogP contribution in [0.3, 0.4) is 0 Å². The fraction of sp³-hybridized carbons (Fsp3) is 0.545. The number of rotatable bonds is 1. The van der Waals surface area contributed by atoms with E-state index in [-0.39, 0.29) is 11.8 Å². The number of nitrogens with zero attached hydrogens (tertiary/aromatic N) is 4. The summed E-state index contributed by atoms with van der Waals surface area (Å²) in [6, 6.07) is 0. The van der Waals surface area contributed by atoms with Gasteiger partial charge in [0, 0.05) is 13.1 Å². The molecule has 0 saturated carbocycles. The van der Waals surface area contributed by atoms with Crippen LogP contribution in [0.5, 0.6) is 0 Å². The Morgan fingerprint density at radius 2 is 2.16 bits per heavy atom. The summed E-state index contributed by atoms with van der Waals surface area (Å²) >= 11 is 1.35. The van der Waals surface area contributed by atoms with Crippen molar-refractivity contribution in [3.63, 3.8) is 0 Å². The van der Waals surface area contributed by atoms with Gasteiger partial charge in [0.1, 0.15) is 6.34 Å². The normalized spacial score (nSPS) is 27.1. The number of carboxylic acid groups (broad SMARTS) is 1. The van der Waals surface area contributed by atoms with Crippen LogP contribution in [0.4, 0.5) is 0 Å². The van der Waals surface area contributed by atoms with E-state index in [1.54, 1.807) is 0 Å². The third kappa shape index (κ3) is 2.27. The number of aliphatic carboxylic acids is 1. The summed E-state index contributed by atoms with van der Waals surface area (Å²) in [7, 11) is 0. The molecule has 7 nitrogen and oxygen atoms in total. The van der Waals surface area contributed by atoms with Gasteiger partial charge >= 0.3 is 5.97 Å². The van der Waals surface area contributed by atoms with Crippen molar-refractivity contribution in [2.45, 2.75) is 18.1 Å². The van der Waals surface area contributed by atoms with Gasteiger partial charge < -0.3 is 10.0 Å². The molecule has 0 radical (unpaired) electrons. The zero-order valence-corrected chi connectivity index (χ0v) is 10.8. The number of carboxylic acids is 1. The van der Waals surface area contributed by atoms with E-state index in [1.165, 1.54) is 18.1 Å².